The minimum atomic E-state index is -2.58. The van der Waals surface area contributed by atoms with Crippen LogP contribution in [0.15, 0.2) is 63.8 Å². The number of fused-ring (bicyclic) bond motifs is 4. The summed E-state index contributed by atoms with van der Waals surface area (Å²) in [6.07, 6.45) is -0.0915. The number of amides is 1. The number of hydrogen-bond acceptors (Lipinski definition) is 8. The predicted molar refractivity (Wildman–Crippen MR) is 127 cm³/mol. The number of carbonyl (C=O) groups excluding carboxylic acids is 3. The lowest BCUT2D eigenvalue weighted by Gasteiger charge is -2.46. The first-order chi connectivity index (χ1) is 17.1. The maximum Gasteiger partial charge on any atom is 0.255 e. The largest absolute Gasteiger partial charge is 0.508 e. The summed E-state index contributed by atoms with van der Waals surface area (Å²) in [5, 5.41) is 44.7. The summed E-state index contributed by atoms with van der Waals surface area (Å²) in [7, 11) is 0. The van der Waals surface area contributed by atoms with Crippen molar-refractivity contribution >= 4 is 34.2 Å². The van der Waals surface area contributed by atoms with Crippen LogP contribution in [0.2, 0.25) is 0 Å². The van der Waals surface area contributed by atoms with Crippen LogP contribution in [-0.2, 0) is 20.8 Å². The monoisotopic (exact) mass is 487 g/mol. The quantitative estimate of drug-likeness (QED) is 0.343. The maximum atomic E-state index is 13.6. The van der Waals surface area contributed by atoms with E-state index in [1.54, 1.807) is 6.07 Å². The molecule has 1 aromatic heterocycles. The molecular weight excluding hydrogens is 466 g/mol. The van der Waals surface area contributed by atoms with Gasteiger partial charge in [0.2, 0.25) is 5.78 Å². The van der Waals surface area contributed by atoms with Crippen LogP contribution < -0.4 is 5.73 Å². The van der Waals surface area contributed by atoms with Gasteiger partial charge in [-0.3, -0.25) is 14.4 Å². The summed E-state index contributed by atoms with van der Waals surface area (Å²) < 4.78 is 6.00. The molecule has 1 fully saturated rings. The van der Waals surface area contributed by atoms with E-state index in [1.165, 1.54) is 6.07 Å². The van der Waals surface area contributed by atoms with Crippen LogP contribution in [0.25, 0.3) is 28.1 Å². The zero-order chi connectivity index (χ0) is 25.5. The first kappa shape index (κ1) is 22.1. The lowest BCUT2D eigenvalue weighted by Crippen LogP contribution is -2.58. The Labute approximate surface area is 203 Å². The summed E-state index contributed by atoms with van der Waals surface area (Å²) in [6, 6.07) is 12.3. The van der Waals surface area contributed by atoms with E-state index in [0.29, 0.717) is 22.5 Å². The van der Waals surface area contributed by atoms with Crippen LogP contribution in [0.1, 0.15) is 24.0 Å². The minimum Gasteiger partial charge on any atom is -0.508 e. The molecule has 3 aliphatic carbocycles. The van der Waals surface area contributed by atoms with E-state index in [4.69, 9.17) is 10.2 Å². The Hall–Kier alpha value is -4.37. The third kappa shape index (κ3) is 2.77. The molecule has 182 valence electrons. The van der Waals surface area contributed by atoms with Crippen molar-refractivity contribution < 1.29 is 39.2 Å². The molecule has 0 bridgehead atoms. The second-order valence-corrected chi connectivity index (χ2v) is 9.54. The highest BCUT2D eigenvalue weighted by Crippen LogP contribution is 2.53. The number of phenols is 1. The van der Waals surface area contributed by atoms with Crippen molar-refractivity contribution in [3.63, 3.8) is 0 Å². The van der Waals surface area contributed by atoms with Crippen molar-refractivity contribution in [2.24, 2.45) is 17.6 Å². The van der Waals surface area contributed by atoms with Gasteiger partial charge in [-0.05, 0) is 48.6 Å². The average Bonchev–Trinajstić information content (AvgIpc) is 3.25. The number of nitrogens with two attached hydrogens (primary N) is 1. The van der Waals surface area contributed by atoms with Crippen molar-refractivity contribution in [1.29, 1.82) is 0 Å². The van der Waals surface area contributed by atoms with Crippen LogP contribution >= 0.6 is 0 Å². The van der Waals surface area contributed by atoms with E-state index in [2.05, 4.69) is 0 Å². The molecule has 36 heavy (non-hydrogen) atoms. The van der Waals surface area contributed by atoms with Crippen molar-refractivity contribution in [3.05, 3.63) is 70.5 Å². The summed E-state index contributed by atoms with van der Waals surface area (Å²) in [5.41, 5.74) is 3.51. The zero-order valence-electron chi connectivity index (χ0n) is 18.8. The highest BCUT2D eigenvalue weighted by atomic mass is 16.3. The second-order valence-electron chi connectivity index (χ2n) is 9.54. The fourth-order valence-electron chi connectivity index (χ4n) is 5.97. The molecular formula is C27H21NO8. The molecule has 3 unspecified atom stereocenters. The summed E-state index contributed by atoms with van der Waals surface area (Å²) in [4.78, 5) is 37.8. The van der Waals surface area contributed by atoms with Crippen LogP contribution in [0, 0.1) is 11.8 Å². The molecule has 1 saturated carbocycles. The molecule has 3 aromatic rings. The van der Waals surface area contributed by atoms with Gasteiger partial charge in [0, 0.05) is 28.9 Å². The van der Waals surface area contributed by atoms with E-state index in [0.717, 1.165) is 5.39 Å². The van der Waals surface area contributed by atoms with Crippen molar-refractivity contribution in [1.82, 2.24) is 0 Å². The highest BCUT2D eigenvalue weighted by molar-refractivity contribution is 6.22. The minimum absolute atomic E-state index is 0.0279. The Morgan fingerprint density at radius 3 is 2.53 bits per heavy atom. The van der Waals surface area contributed by atoms with Gasteiger partial charge in [-0.15, -0.1) is 0 Å². The Balaban J connectivity index is 1.54. The fraction of sp³-hybridized carbons (Fsp3) is 0.222. The maximum absolute atomic E-state index is 13.6. The normalized spacial score (nSPS) is 25.6. The van der Waals surface area contributed by atoms with Crippen molar-refractivity contribution in [3.8, 4) is 17.1 Å². The molecule has 9 heteroatoms. The standard InChI is InChI=1S/C27H21NO8/c28-26(34)22-17(30)10-13-7-12-8-15-14(19-9-11-3-1-2-4-18(11)36-19)5-6-16(29)21(15)23(31)20(12)24(32)27(13,35)25(22)33/h1-6,9,12-13,29,31,33,35H,7-8,10H2,(H2,28,34). The molecule has 1 heterocycles. The highest BCUT2D eigenvalue weighted by Gasteiger charge is 2.60. The predicted octanol–water partition coefficient (Wildman–Crippen LogP) is 2.84. The number of aliphatic hydroxyl groups excluding tert-OH is 2. The van der Waals surface area contributed by atoms with Gasteiger partial charge in [0.05, 0.1) is 5.56 Å². The van der Waals surface area contributed by atoms with E-state index in [9.17, 15) is 34.8 Å². The molecule has 0 aliphatic heterocycles. The van der Waals surface area contributed by atoms with E-state index in [1.807, 2.05) is 30.3 Å². The van der Waals surface area contributed by atoms with E-state index < -0.39 is 52.0 Å². The fourth-order valence-corrected chi connectivity index (χ4v) is 5.97. The number of primary amides is 1. The Morgan fingerprint density at radius 2 is 1.81 bits per heavy atom. The number of benzene rings is 2. The Kier molecular flexibility index (Phi) is 4.49. The van der Waals surface area contributed by atoms with Crippen LogP contribution in [0.3, 0.4) is 0 Å². The second kappa shape index (κ2) is 7.32. The zero-order valence-corrected chi connectivity index (χ0v) is 18.8. The van der Waals surface area contributed by atoms with Gasteiger partial charge in [0.25, 0.3) is 5.91 Å². The van der Waals surface area contributed by atoms with E-state index in [-0.39, 0.29) is 36.1 Å². The number of hydrogen-bond donors (Lipinski definition) is 5. The third-order valence-electron chi connectivity index (χ3n) is 7.64. The average molecular weight is 487 g/mol. The topological polar surface area (TPSA) is 171 Å². The number of aliphatic hydroxyl groups is 3. The molecule has 9 nitrogen and oxygen atoms in total. The van der Waals surface area contributed by atoms with E-state index >= 15 is 0 Å². The number of ketones is 2. The van der Waals surface area contributed by atoms with Crippen LogP contribution in [0.4, 0.5) is 0 Å². The molecule has 2 aromatic carbocycles. The number of Topliss-reactive ketones (excluding diaryl/α,β-unsaturated/α-hetero) is 2. The molecule has 0 radical (unpaired) electrons. The van der Waals surface area contributed by atoms with Gasteiger partial charge in [-0.2, -0.15) is 0 Å². The molecule has 0 spiro atoms. The smallest absolute Gasteiger partial charge is 0.255 e. The first-order valence-corrected chi connectivity index (χ1v) is 11.4. The molecule has 3 aliphatic rings. The van der Waals surface area contributed by atoms with Gasteiger partial charge in [0.15, 0.2) is 11.4 Å². The lowest BCUT2D eigenvalue weighted by molar-refractivity contribution is -0.147. The number of aromatic hydroxyl groups is 1. The van der Waals surface area contributed by atoms with Gasteiger partial charge < -0.3 is 30.6 Å². The number of carbonyl (C=O) groups is 3. The number of rotatable bonds is 2. The molecule has 1 amide bonds. The summed E-state index contributed by atoms with van der Waals surface area (Å²) in [5.74, 6) is -6.04. The van der Waals surface area contributed by atoms with Gasteiger partial charge in [-0.1, -0.05) is 18.2 Å². The first-order valence-electron chi connectivity index (χ1n) is 11.4. The molecule has 3 atom stereocenters. The molecule has 0 saturated heterocycles. The van der Waals surface area contributed by atoms with Crippen LogP contribution in [-0.4, -0.2) is 43.5 Å². The number of phenolic OH excluding ortho intramolecular Hbond substituents is 1. The summed E-state index contributed by atoms with van der Waals surface area (Å²) >= 11 is 0. The molecule has 6 N–H and O–H groups in total. The lowest BCUT2D eigenvalue weighted by atomic mass is 9.59. The third-order valence-corrected chi connectivity index (χ3v) is 7.64. The van der Waals surface area contributed by atoms with Gasteiger partial charge in [0.1, 0.15) is 34.2 Å². The van der Waals surface area contributed by atoms with Gasteiger partial charge in [-0.25, -0.2) is 0 Å². The van der Waals surface area contributed by atoms with Crippen LogP contribution in [0.5, 0.6) is 5.75 Å². The summed E-state index contributed by atoms with van der Waals surface area (Å²) in [6.45, 7) is 0. The molecule has 6 rings (SSSR count). The number of para-hydroxylation sites is 1. The van der Waals surface area contributed by atoms with Gasteiger partial charge >= 0.3 is 0 Å². The van der Waals surface area contributed by atoms with Crippen molar-refractivity contribution in [2.45, 2.75) is 24.9 Å². The Bertz CT molecular complexity index is 1560. The van der Waals surface area contributed by atoms with Crippen molar-refractivity contribution in [2.75, 3.05) is 0 Å². The SMILES string of the molecule is NC(=O)C1=C(O)C2(O)C(=O)C3=C(O)c4c(O)ccc(-c5cc6ccccc6o5)c4CC3CC2CC1=O. The Morgan fingerprint density at radius 1 is 1.06 bits per heavy atom. The number of furan rings is 1.